The van der Waals surface area contributed by atoms with Gasteiger partial charge in [0, 0.05) is 13.1 Å². The molecular formula is C17H21N3O3. The molecule has 23 heavy (non-hydrogen) atoms. The Hall–Kier alpha value is -2.55. The van der Waals surface area contributed by atoms with Gasteiger partial charge in [0.05, 0.1) is 11.6 Å². The molecule has 2 amide bonds. The maximum absolute atomic E-state index is 12.4. The molecule has 1 fully saturated rings. The maximum atomic E-state index is 12.4. The number of likely N-dealkylation sites (tertiary alicyclic amines) is 1. The SMILES string of the molecule is CC(C)(C)OC(=O)N[C@@H]1CCN(Cc2cccc(C#N)c2)C1=O. The van der Waals surface area contributed by atoms with Crippen molar-refractivity contribution in [1.82, 2.24) is 10.2 Å². The minimum atomic E-state index is -0.594. The molecule has 1 aromatic carbocycles. The molecule has 1 heterocycles. The third-order valence-electron chi connectivity index (χ3n) is 3.42. The molecule has 1 atom stereocenters. The lowest BCUT2D eigenvalue weighted by Gasteiger charge is -2.21. The van der Waals surface area contributed by atoms with Crippen LogP contribution in [0.15, 0.2) is 24.3 Å². The van der Waals surface area contributed by atoms with E-state index in [4.69, 9.17) is 10.00 Å². The Morgan fingerprint density at radius 1 is 1.48 bits per heavy atom. The second-order valence-electron chi connectivity index (χ2n) is 6.56. The van der Waals surface area contributed by atoms with Gasteiger partial charge in [0.2, 0.25) is 5.91 Å². The molecule has 6 nitrogen and oxygen atoms in total. The van der Waals surface area contributed by atoms with Crippen LogP contribution in [0.4, 0.5) is 4.79 Å². The first-order valence-electron chi connectivity index (χ1n) is 7.56. The number of alkyl carbamates (subject to hydrolysis) is 1. The summed E-state index contributed by atoms with van der Waals surface area (Å²) in [5.41, 5.74) is 0.872. The Kier molecular flexibility index (Phi) is 4.89. The van der Waals surface area contributed by atoms with Crippen LogP contribution < -0.4 is 5.32 Å². The molecule has 1 aliphatic heterocycles. The maximum Gasteiger partial charge on any atom is 0.408 e. The number of carbonyl (C=O) groups excluding carboxylic acids is 2. The van der Waals surface area contributed by atoms with Gasteiger partial charge < -0.3 is 15.0 Å². The molecule has 1 aromatic rings. The summed E-state index contributed by atoms with van der Waals surface area (Å²) in [6.07, 6.45) is -0.0279. The number of nitriles is 1. The first-order valence-corrected chi connectivity index (χ1v) is 7.56. The number of carbonyl (C=O) groups is 2. The van der Waals surface area contributed by atoms with Crippen LogP contribution in [0.1, 0.15) is 38.3 Å². The third kappa shape index (κ3) is 4.71. The molecule has 0 radical (unpaired) electrons. The van der Waals surface area contributed by atoms with E-state index >= 15 is 0 Å². The highest BCUT2D eigenvalue weighted by atomic mass is 16.6. The van der Waals surface area contributed by atoms with Gasteiger partial charge in [0.1, 0.15) is 11.6 Å². The first kappa shape index (κ1) is 16.8. The van der Waals surface area contributed by atoms with E-state index in [-0.39, 0.29) is 5.91 Å². The fraction of sp³-hybridized carbons (Fsp3) is 0.471. The zero-order valence-corrected chi connectivity index (χ0v) is 13.6. The number of rotatable bonds is 3. The summed E-state index contributed by atoms with van der Waals surface area (Å²) in [5, 5.41) is 11.5. The molecule has 0 aliphatic carbocycles. The average molecular weight is 315 g/mol. The molecule has 0 aromatic heterocycles. The summed E-state index contributed by atoms with van der Waals surface area (Å²) in [4.78, 5) is 25.8. The largest absolute Gasteiger partial charge is 0.444 e. The first-order chi connectivity index (χ1) is 10.8. The standard InChI is InChI=1S/C17H21N3O3/c1-17(2,3)23-16(22)19-14-7-8-20(15(14)21)11-13-6-4-5-12(9-13)10-18/h4-6,9,14H,7-8,11H2,1-3H3,(H,19,22)/t14-/m1/s1. The summed E-state index contributed by atoms with van der Waals surface area (Å²) in [7, 11) is 0. The summed E-state index contributed by atoms with van der Waals surface area (Å²) in [5.74, 6) is -0.127. The number of benzene rings is 1. The number of hydrogen-bond donors (Lipinski definition) is 1. The van der Waals surface area contributed by atoms with E-state index in [0.29, 0.717) is 25.1 Å². The van der Waals surface area contributed by atoms with Crippen LogP contribution in [-0.4, -0.2) is 35.1 Å². The average Bonchev–Trinajstić information content (AvgIpc) is 2.78. The van der Waals surface area contributed by atoms with Crippen molar-refractivity contribution in [2.75, 3.05) is 6.54 Å². The minimum absolute atomic E-state index is 0.127. The zero-order valence-electron chi connectivity index (χ0n) is 13.6. The van der Waals surface area contributed by atoms with Gasteiger partial charge in [-0.25, -0.2) is 4.79 Å². The van der Waals surface area contributed by atoms with Crippen molar-refractivity contribution >= 4 is 12.0 Å². The number of nitrogens with one attached hydrogen (secondary N) is 1. The zero-order chi connectivity index (χ0) is 17.0. The molecule has 122 valence electrons. The summed E-state index contributed by atoms with van der Waals surface area (Å²) >= 11 is 0. The van der Waals surface area contributed by atoms with E-state index in [2.05, 4.69) is 11.4 Å². The van der Waals surface area contributed by atoms with Crippen molar-refractivity contribution in [2.45, 2.75) is 45.4 Å². The fourth-order valence-electron chi connectivity index (χ4n) is 2.44. The van der Waals surface area contributed by atoms with Crippen LogP contribution in [0.3, 0.4) is 0 Å². The van der Waals surface area contributed by atoms with Crippen LogP contribution in [0.2, 0.25) is 0 Å². The lowest BCUT2D eigenvalue weighted by Crippen LogP contribution is -2.43. The predicted octanol–water partition coefficient (Wildman–Crippen LogP) is 2.18. The summed E-state index contributed by atoms with van der Waals surface area (Å²) in [6, 6.07) is 8.70. The van der Waals surface area contributed by atoms with E-state index in [9.17, 15) is 9.59 Å². The smallest absolute Gasteiger partial charge is 0.408 e. The van der Waals surface area contributed by atoms with Crippen molar-refractivity contribution in [3.63, 3.8) is 0 Å². The van der Waals surface area contributed by atoms with Crippen LogP contribution in [0, 0.1) is 11.3 Å². The van der Waals surface area contributed by atoms with Crippen molar-refractivity contribution in [1.29, 1.82) is 5.26 Å². The third-order valence-corrected chi connectivity index (χ3v) is 3.42. The second-order valence-corrected chi connectivity index (χ2v) is 6.56. The Labute approximate surface area is 136 Å². The van der Waals surface area contributed by atoms with Crippen molar-refractivity contribution in [3.8, 4) is 6.07 Å². The van der Waals surface area contributed by atoms with Crippen LogP contribution in [0.25, 0.3) is 0 Å². The van der Waals surface area contributed by atoms with Gasteiger partial charge in [0.25, 0.3) is 0 Å². The molecule has 0 bridgehead atoms. The monoisotopic (exact) mass is 315 g/mol. The van der Waals surface area contributed by atoms with Crippen LogP contribution in [-0.2, 0) is 16.1 Å². The second kappa shape index (κ2) is 6.69. The van der Waals surface area contributed by atoms with Gasteiger partial charge in [-0.2, -0.15) is 5.26 Å². The van der Waals surface area contributed by atoms with Crippen molar-refractivity contribution in [3.05, 3.63) is 35.4 Å². The number of nitrogens with zero attached hydrogens (tertiary/aromatic N) is 2. The lowest BCUT2D eigenvalue weighted by molar-refractivity contribution is -0.129. The number of amides is 2. The quantitative estimate of drug-likeness (QED) is 0.927. The van der Waals surface area contributed by atoms with Gasteiger partial charge >= 0.3 is 6.09 Å². The highest BCUT2D eigenvalue weighted by molar-refractivity contribution is 5.87. The molecule has 1 N–H and O–H groups in total. The summed E-state index contributed by atoms with van der Waals surface area (Å²) in [6.45, 7) is 6.32. The fourth-order valence-corrected chi connectivity index (χ4v) is 2.44. The van der Waals surface area contributed by atoms with Crippen molar-refractivity contribution < 1.29 is 14.3 Å². The molecule has 2 rings (SSSR count). The van der Waals surface area contributed by atoms with Gasteiger partial charge in [-0.15, -0.1) is 0 Å². The van der Waals surface area contributed by atoms with E-state index in [1.165, 1.54) is 0 Å². The topological polar surface area (TPSA) is 82.4 Å². The molecular weight excluding hydrogens is 294 g/mol. The number of hydrogen-bond acceptors (Lipinski definition) is 4. The molecule has 1 aliphatic rings. The Balaban J connectivity index is 1.94. The van der Waals surface area contributed by atoms with Crippen LogP contribution in [0.5, 0.6) is 0 Å². The van der Waals surface area contributed by atoms with Crippen LogP contribution >= 0.6 is 0 Å². The highest BCUT2D eigenvalue weighted by Crippen LogP contribution is 2.17. The Morgan fingerprint density at radius 3 is 2.87 bits per heavy atom. The molecule has 0 saturated carbocycles. The highest BCUT2D eigenvalue weighted by Gasteiger charge is 2.33. The van der Waals surface area contributed by atoms with Gasteiger partial charge in [-0.05, 0) is 44.9 Å². The van der Waals surface area contributed by atoms with E-state index < -0.39 is 17.7 Å². The van der Waals surface area contributed by atoms with E-state index in [0.717, 1.165) is 5.56 Å². The number of ether oxygens (including phenoxy) is 1. The Morgan fingerprint density at radius 2 is 2.22 bits per heavy atom. The van der Waals surface area contributed by atoms with Gasteiger partial charge in [0.15, 0.2) is 0 Å². The molecule has 1 saturated heterocycles. The van der Waals surface area contributed by atoms with E-state index in [1.807, 2.05) is 6.07 Å². The van der Waals surface area contributed by atoms with Gasteiger partial charge in [-0.3, -0.25) is 4.79 Å². The Bertz CT molecular complexity index is 643. The van der Waals surface area contributed by atoms with Crippen molar-refractivity contribution in [2.24, 2.45) is 0 Å². The predicted molar refractivity (Wildman–Crippen MR) is 84.3 cm³/mol. The van der Waals surface area contributed by atoms with E-state index in [1.54, 1.807) is 43.9 Å². The molecule has 0 spiro atoms. The normalized spacial score (nSPS) is 17.7. The lowest BCUT2D eigenvalue weighted by atomic mass is 10.1. The molecule has 6 heteroatoms. The summed E-state index contributed by atoms with van der Waals surface area (Å²) < 4.78 is 5.17. The minimum Gasteiger partial charge on any atom is -0.444 e. The van der Waals surface area contributed by atoms with Gasteiger partial charge in [-0.1, -0.05) is 12.1 Å². The molecule has 0 unspecified atom stereocenters.